The van der Waals surface area contributed by atoms with Gasteiger partial charge in [-0.25, -0.2) is 13.4 Å². The standard InChI is InChI=1S/C19H15Cl2N3O3S2/c20-15-2-1-3-16(21)14(15)11-18(25)24-8-6-12-10-13(4-5-17(12)24)29(26,27)23-19-22-7-9-28-19/h1-5,7,9-10H,6,8,11H2,(H,22,23). The van der Waals surface area contributed by atoms with Crippen LogP contribution in [0, 0.1) is 0 Å². The normalized spacial score (nSPS) is 13.4. The van der Waals surface area contributed by atoms with Gasteiger partial charge in [-0.15, -0.1) is 11.3 Å². The Labute approximate surface area is 182 Å². The van der Waals surface area contributed by atoms with Crippen molar-refractivity contribution in [2.45, 2.75) is 17.7 Å². The molecule has 4 rings (SSSR count). The molecule has 2 heterocycles. The van der Waals surface area contributed by atoms with Crippen LogP contribution >= 0.6 is 34.5 Å². The van der Waals surface area contributed by atoms with Gasteiger partial charge in [0.15, 0.2) is 5.13 Å². The van der Waals surface area contributed by atoms with E-state index in [1.54, 1.807) is 40.6 Å². The summed E-state index contributed by atoms with van der Waals surface area (Å²) in [6, 6.07) is 9.86. The first kappa shape index (κ1) is 20.2. The number of thiazole rings is 1. The minimum Gasteiger partial charge on any atom is -0.312 e. The lowest BCUT2D eigenvalue weighted by molar-refractivity contribution is -0.117. The molecular formula is C19H15Cl2N3O3S2. The zero-order chi connectivity index (χ0) is 20.6. The number of hydrogen-bond acceptors (Lipinski definition) is 5. The Hall–Kier alpha value is -2.13. The maximum absolute atomic E-state index is 12.8. The van der Waals surface area contributed by atoms with E-state index in [0.29, 0.717) is 39.4 Å². The van der Waals surface area contributed by atoms with Gasteiger partial charge in [-0.05, 0) is 47.9 Å². The number of carbonyl (C=O) groups excluding carboxylic acids is 1. The summed E-state index contributed by atoms with van der Waals surface area (Å²) in [5.74, 6) is -0.143. The van der Waals surface area contributed by atoms with Crippen LogP contribution in [0.4, 0.5) is 10.8 Å². The van der Waals surface area contributed by atoms with E-state index >= 15 is 0 Å². The topological polar surface area (TPSA) is 79.4 Å². The molecule has 0 fully saturated rings. The molecule has 10 heteroatoms. The smallest absolute Gasteiger partial charge is 0.263 e. The van der Waals surface area contributed by atoms with Crippen molar-refractivity contribution < 1.29 is 13.2 Å². The average molecular weight is 468 g/mol. The van der Waals surface area contributed by atoms with Crippen LogP contribution in [0.1, 0.15) is 11.1 Å². The van der Waals surface area contributed by atoms with Crippen molar-refractivity contribution in [2.24, 2.45) is 0 Å². The van der Waals surface area contributed by atoms with E-state index in [0.717, 1.165) is 5.56 Å². The Bertz CT molecular complexity index is 1160. The van der Waals surface area contributed by atoms with Crippen molar-refractivity contribution in [1.29, 1.82) is 0 Å². The summed E-state index contributed by atoms with van der Waals surface area (Å²) in [6.07, 6.45) is 2.17. The van der Waals surface area contributed by atoms with Crippen molar-refractivity contribution in [3.8, 4) is 0 Å². The van der Waals surface area contributed by atoms with Gasteiger partial charge in [-0.3, -0.25) is 9.52 Å². The molecule has 0 bridgehead atoms. The number of aromatic nitrogens is 1. The lowest BCUT2D eigenvalue weighted by Gasteiger charge is -2.18. The van der Waals surface area contributed by atoms with Gasteiger partial charge in [0.25, 0.3) is 10.0 Å². The van der Waals surface area contributed by atoms with E-state index in [2.05, 4.69) is 9.71 Å². The van der Waals surface area contributed by atoms with Crippen molar-refractivity contribution in [3.63, 3.8) is 0 Å². The Morgan fingerprint density at radius 2 is 1.97 bits per heavy atom. The van der Waals surface area contributed by atoms with E-state index in [9.17, 15) is 13.2 Å². The molecule has 0 radical (unpaired) electrons. The SMILES string of the molecule is O=C(Cc1c(Cl)cccc1Cl)N1CCc2cc(S(=O)(=O)Nc3nccs3)ccc21. The maximum Gasteiger partial charge on any atom is 0.263 e. The number of sulfonamides is 1. The maximum atomic E-state index is 12.8. The van der Waals surface area contributed by atoms with Crippen LogP contribution in [0.3, 0.4) is 0 Å². The van der Waals surface area contributed by atoms with Crippen LogP contribution in [0.15, 0.2) is 52.9 Å². The number of nitrogens with zero attached hydrogens (tertiary/aromatic N) is 2. The van der Waals surface area contributed by atoms with Gasteiger partial charge in [0.05, 0.1) is 11.3 Å². The van der Waals surface area contributed by atoms with Gasteiger partial charge in [0.1, 0.15) is 0 Å². The third-order valence-corrected chi connectivity index (χ3v) is 7.46. The zero-order valence-corrected chi connectivity index (χ0v) is 18.1. The van der Waals surface area contributed by atoms with Gasteiger partial charge in [-0.1, -0.05) is 29.3 Å². The second-order valence-corrected chi connectivity index (χ2v) is 9.80. The lowest BCUT2D eigenvalue weighted by Crippen LogP contribution is -2.30. The number of nitrogens with one attached hydrogen (secondary N) is 1. The highest BCUT2D eigenvalue weighted by Crippen LogP contribution is 2.32. The highest BCUT2D eigenvalue weighted by molar-refractivity contribution is 7.93. The van der Waals surface area contributed by atoms with E-state index in [1.807, 2.05) is 0 Å². The predicted molar refractivity (Wildman–Crippen MR) is 116 cm³/mol. The Morgan fingerprint density at radius 1 is 1.21 bits per heavy atom. The number of hydrogen-bond donors (Lipinski definition) is 1. The van der Waals surface area contributed by atoms with E-state index in [1.165, 1.54) is 23.6 Å². The summed E-state index contributed by atoms with van der Waals surface area (Å²) >= 11 is 13.6. The molecule has 0 unspecified atom stereocenters. The highest BCUT2D eigenvalue weighted by atomic mass is 35.5. The first-order chi connectivity index (χ1) is 13.8. The van der Waals surface area contributed by atoms with E-state index in [-0.39, 0.29) is 17.2 Å². The molecule has 0 saturated heterocycles. The lowest BCUT2D eigenvalue weighted by atomic mass is 10.1. The van der Waals surface area contributed by atoms with Gasteiger partial charge in [-0.2, -0.15) is 0 Å². The second-order valence-electron chi connectivity index (χ2n) is 6.41. The fourth-order valence-corrected chi connectivity index (χ4v) is 5.57. The molecular weight excluding hydrogens is 453 g/mol. The van der Waals surface area contributed by atoms with E-state index in [4.69, 9.17) is 23.2 Å². The van der Waals surface area contributed by atoms with Crippen LogP contribution in [-0.2, 0) is 27.7 Å². The van der Waals surface area contributed by atoms with Crippen molar-refractivity contribution in [2.75, 3.05) is 16.2 Å². The average Bonchev–Trinajstić information content (AvgIpc) is 3.33. The fraction of sp³-hybridized carbons (Fsp3) is 0.158. The molecule has 0 aliphatic carbocycles. The third kappa shape index (κ3) is 4.11. The van der Waals surface area contributed by atoms with Gasteiger partial charge in [0.2, 0.25) is 5.91 Å². The first-order valence-corrected chi connectivity index (χ1v) is 11.8. The number of halogens is 2. The third-order valence-electron chi connectivity index (χ3n) is 4.60. The summed E-state index contributed by atoms with van der Waals surface area (Å²) in [5.41, 5.74) is 2.08. The van der Waals surface area contributed by atoms with Crippen molar-refractivity contribution >= 4 is 61.3 Å². The fourth-order valence-electron chi connectivity index (χ4n) is 3.20. The van der Waals surface area contributed by atoms with Gasteiger partial charge in [0, 0.05) is 33.9 Å². The van der Waals surface area contributed by atoms with Crippen LogP contribution in [-0.4, -0.2) is 25.9 Å². The molecule has 0 spiro atoms. The summed E-state index contributed by atoms with van der Waals surface area (Å²) < 4.78 is 27.6. The van der Waals surface area contributed by atoms with Gasteiger partial charge >= 0.3 is 0 Å². The number of anilines is 2. The predicted octanol–water partition coefficient (Wildman–Crippen LogP) is 4.38. The number of fused-ring (bicyclic) bond motifs is 1. The molecule has 1 aliphatic rings. The number of benzene rings is 2. The molecule has 1 aliphatic heterocycles. The van der Waals surface area contributed by atoms with Gasteiger partial charge < -0.3 is 4.90 Å². The minimum absolute atomic E-state index is 0.0730. The molecule has 150 valence electrons. The molecule has 0 saturated carbocycles. The summed E-state index contributed by atoms with van der Waals surface area (Å²) in [7, 11) is -3.74. The van der Waals surface area contributed by atoms with E-state index < -0.39 is 10.0 Å². The molecule has 0 atom stereocenters. The second kappa shape index (κ2) is 7.95. The molecule has 3 aromatic rings. The Kier molecular flexibility index (Phi) is 5.52. The molecule has 1 aromatic heterocycles. The number of rotatable bonds is 5. The Morgan fingerprint density at radius 3 is 2.66 bits per heavy atom. The van der Waals surface area contributed by atoms with Crippen molar-refractivity contribution in [1.82, 2.24) is 4.98 Å². The number of carbonyl (C=O) groups is 1. The quantitative estimate of drug-likeness (QED) is 0.603. The molecule has 2 aromatic carbocycles. The molecule has 1 N–H and O–H groups in total. The first-order valence-electron chi connectivity index (χ1n) is 8.63. The summed E-state index contributed by atoms with van der Waals surface area (Å²) in [5, 5.41) is 2.88. The summed E-state index contributed by atoms with van der Waals surface area (Å²) in [6.45, 7) is 0.472. The zero-order valence-electron chi connectivity index (χ0n) is 14.9. The number of amides is 1. The monoisotopic (exact) mass is 467 g/mol. The van der Waals surface area contributed by atoms with Crippen LogP contribution in [0.2, 0.25) is 10.0 Å². The van der Waals surface area contributed by atoms with Crippen LogP contribution < -0.4 is 9.62 Å². The minimum atomic E-state index is -3.74. The molecule has 1 amide bonds. The Balaban J connectivity index is 1.56. The molecule has 29 heavy (non-hydrogen) atoms. The molecule has 6 nitrogen and oxygen atoms in total. The summed E-state index contributed by atoms with van der Waals surface area (Å²) in [4.78, 5) is 18.6. The van der Waals surface area contributed by atoms with Crippen LogP contribution in [0.5, 0.6) is 0 Å². The van der Waals surface area contributed by atoms with Crippen molar-refractivity contribution in [3.05, 3.63) is 69.1 Å². The largest absolute Gasteiger partial charge is 0.312 e. The highest BCUT2D eigenvalue weighted by Gasteiger charge is 2.27. The van der Waals surface area contributed by atoms with Crippen LogP contribution in [0.25, 0.3) is 0 Å².